The highest BCUT2D eigenvalue weighted by molar-refractivity contribution is 5.79. The van der Waals surface area contributed by atoms with E-state index in [1.807, 2.05) is 31.3 Å². The Kier molecular flexibility index (Phi) is 2.83. The first kappa shape index (κ1) is 11.6. The Morgan fingerprint density at radius 3 is 3.05 bits per heavy atom. The number of aryl methyl sites for hydroxylation is 1. The average Bonchev–Trinajstić information content (AvgIpc) is 2.83. The number of nitrogens with zero attached hydrogens (tertiary/aromatic N) is 1. The Hall–Kier alpha value is -2.49. The third kappa shape index (κ3) is 2.25. The Morgan fingerprint density at radius 2 is 2.21 bits per heavy atom. The minimum absolute atomic E-state index is 0.321. The second-order valence-electron chi connectivity index (χ2n) is 4.57. The van der Waals surface area contributed by atoms with E-state index in [4.69, 9.17) is 0 Å². The summed E-state index contributed by atoms with van der Waals surface area (Å²) in [6.45, 7) is 2.60. The molecule has 1 aromatic carbocycles. The van der Waals surface area contributed by atoms with Crippen molar-refractivity contribution >= 4 is 16.7 Å². The molecule has 0 atom stereocenters. The van der Waals surface area contributed by atoms with Crippen LogP contribution in [0.5, 0.6) is 5.75 Å². The van der Waals surface area contributed by atoms with Crippen LogP contribution in [0.4, 0.5) is 5.69 Å². The Bertz CT molecular complexity index is 718. The zero-order chi connectivity index (χ0) is 13.2. The second kappa shape index (κ2) is 4.65. The lowest BCUT2D eigenvalue weighted by Gasteiger charge is -2.07. The Balaban J connectivity index is 1.80. The highest BCUT2D eigenvalue weighted by Crippen LogP contribution is 2.22. The number of phenolic OH excluding ortho intramolecular Hbond substituents is 1. The van der Waals surface area contributed by atoms with Crippen LogP contribution in [0.1, 0.15) is 11.1 Å². The van der Waals surface area contributed by atoms with E-state index in [1.54, 1.807) is 12.3 Å². The van der Waals surface area contributed by atoms with Gasteiger partial charge in [-0.1, -0.05) is 0 Å². The summed E-state index contributed by atoms with van der Waals surface area (Å²) >= 11 is 0. The maximum absolute atomic E-state index is 9.50. The maximum Gasteiger partial charge on any atom is 0.137 e. The number of phenols is 1. The van der Waals surface area contributed by atoms with Gasteiger partial charge in [0.1, 0.15) is 11.4 Å². The number of aromatic nitrogens is 2. The summed E-state index contributed by atoms with van der Waals surface area (Å²) in [5, 5.41) is 14.0. The third-order valence-electron chi connectivity index (χ3n) is 3.22. The molecular weight excluding hydrogens is 238 g/mol. The van der Waals surface area contributed by atoms with Gasteiger partial charge in [0, 0.05) is 30.0 Å². The maximum atomic E-state index is 9.50. The van der Waals surface area contributed by atoms with Crippen molar-refractivity contribution < 1.29 is 5.11 Å². The van der Waals surface area contributed by atoms with Crippen LogP contribution in [0.25, 0.3) is 11.0 Å². The van der Waals surface area contributed by atoms with Crippen LogP contribution in [-0.4, -0.2) is 15.1 Å². The number of aromatic amines is 1. The van der Waals surface area contributed by atoms with Crippen LogP contribution in [-0.2, 0) is 6.54 Å². The summed E-state index contributed by atoms with van der Waals surface area (Å²) in [6, 6.07) is 9.49. The first-order chi connectivity index (χ1) is 9.24. The molecule has 0 bridgehead atoms. The number of fused-ring (bicyclic) bond motifs is 1. The fourth-order valence-corrected chi connectivity index (χ4v) is 2.12. The molecule has 0 fully saturated rings. The van der Waals surface area contributed by atoms with Crippen molar-refractivity contribution in [1.29, 1.82) is 0 Å². The normalized spacial score (nSPS) is 10.8. The number of hydrogen-bond acceptors (Lipinski definition) is 3. The number of anilines is 1. The molecular formula is C15H15N3O. The van der Waals surface area contributed by atoms with E-state index >= 15 is 0 Å². The Morgan fingerprint density at radius 1 is 1.32 bits per heavy atom. The monoisotopic (exact) mass is 253 g/mol. The lowest BCUT2D eigenvalue weighted by atomic mass is 10.2. The van der Waals surface area contributed by atoms with Gasteiger partial charge in [0.2, 0.25) is 0 Å². The van der Waals surface area contributed by atoms with Gasteiger partial charge in [-0.2, -0.15) is 0 Å². The van der Waals surface area contributed by atoms with E-state index in [1.165, 1.54) is 5.56 Å². The van der Waals surface area contributed by atoms with Crippen LogP contribution in [0.15, 0.2) is 42.7 Å². The lowest BCUT2D eigenvalue weighted by molar-refractivity contribution is 0.471. The smallest absolute Gasteiger partial charge is 0.137 e. The molecule has 2 aromatic heterocycles. The van der Waals surface area contributed by atoms with Crippen LogP contribution >= 0.6 is 0 Å². The molecule has 0 spiro atoms. The van der Waals surface area contributed by atoms with Crippen LogP contribution in [0.3, 0.4) is 0 Å². The van der Waals surface area contributed by atoms with Gasteiger partial charge in [0.25, 0.3) is 0 Å². The van der Waals surface area contributed by atoms with E-state index in [0.717, 1.165) is 28.8 Å². The van der Waals surface area contributed by atoms with Gasteiger partial charge in [0.15, 0.2) is 0 Å². The van der Waals surface area contributed by atoms with Crippen molar-refractivity contribution in [2.75, 3.05) is 5.32 Å². The average molecular weight is 253 g/mol. The van der Waals surface area contributed by atoms with E-state index in [0.29, 0.717) is 5.75 Å². The van der Waals surface area contributed by atoms with Crippen LogP contribution in [0, 0.1) is 6.92 Å². The molecule has 0 aliphatic rings. The molecule has 0 saturated heterocycles. The number of aromatic hydroxyl groups is 1. The van der Waals surface area contributed by atoms with Gasteiger partial charge in [-0.05, 0) is 48.4 Å². The molecule has 0 aliphatic carbocycles. The number of hydrogen-bond donors (Lipinski definition) is 3. The summed E-state index contributed by atoms with van der Waals surface area (Å²) < 4.78 is 0. The molecule has 0 radical (unpaired) electrons. The lowest BCUT2D eigenvalue weighted by Crippen LogP contribution is -1.98. The van der Waals surface area contributed by atoms with Gasteiger partial charge >= 0.3 is 0 Å². The van der Waals surface area contributed by atoms with Gasteiger partial charge in [-0.3, -0.25) is 0 Å². The second-order valence-corrected chi connectivity index (χ2v) is 4.57. The minimum atomic E-state index is 0.321. The molecule has 2 heterocycles. The van der Waals surface area contributed by atoms with Gasteiger partial charge in [-0.25, -0.2) is 4.98 Å². The highest BCUT2D eigenvalue weighted by Gasteiger charge is 2.04. The topological polar surface area (TPSA) is 60.9 Å². The number of benzene rings is 1. The minimum Gasteiger partial charge on any atom is -0.508 e. The van der Waals surface area contributed by atoms with Gasteiger partial charge in [-0.15, -0.1) is 0 Å². The zero-order valence-corrected chi connectivity index (χ0v) is 10.6. The predicted molar refractivity (Wildman–Crippen MR) is 76.3 cm³/mol. The summed E-state index contributed by atoms with van der Waals surface area (Å²) in [6.07, 6.45) is 3.75. The van der Waals surface area contributed by atoms with Crippen molar-refractivity contribution in [3.63, 3.8) is 0 Å². The van der Waals surface area contributed by atoms with Gasteiger partial charge < -0.3 is 15.4 Å². The summed E-state index contributed by atoms with van der Waals surface area (Å²) in [5.74, 6) is 0.321. The fraction of sp³-hybridized carbons (Fsp3) is 0.133. The molecule has 4 heteroatoms. The molecule has 0 unspecified atom stereocenters. The summed E-state index contributed by atoms with van der Waals surface area (Å²) in [7, 11) is 0. The number of nitrogens with one attached hydrogen (secondary N) is 2. The summed E-state index contributed by atoms with van der Waals surface area (Å²) in [4.78, 5) is 7.42. The third-order valence-corrected chi connectivity index (χ3v) is 3.22. The molecule has 0 amide bonds. The van der Waals surface area contributed by atoms with E-state index in [2.05, 4.69) is 21.4 Å². The first-order valence-electron chi connectivity index (χ1n) is 6.18. The highest BCUT2D eigenvalue weighted by atomic mass is 16.3. The molecule has 3 aromatic rings. The predicted octanol–water partition coefficient (Wildman–Crippen LogP) is 3.19. The van der Waals surface area contributed by atoms with E-state index < -0.39 is 0 Å². The van der Waals surface area contributed by atoms with Crippen molar-refractivity contribution in [1.82, 2.24) is 9.97 Å². The zero-order valence-electron chi connectivity index (χ0n) is 10.6. The van der Waals surface area contributed by atoms with Crippen molar-refractivity contribution in [2.45, 2.75) is 13.5 Å². The molecule has 3 N–H and O–H groups in total. The molecule has 3 rings (SSSR count). The molecule has 4 nitrogen and oxygen atoms in total. The van der Waals surface area contributed by atoms with E-state index in [-0.39, 0.29) is 0 Å². The van der Waals surface area contributed by atoms with Crippen LogP contribution < -0.4 is 5.32 Å². The number of rotatable bonds is 3. The first-order valence-corrected chi connectivity index (χ1v) is 6.18. The fourth-order valence-electron chi connectivity index (χ4n) is 2.12. The Labute approximate surface area is 111 Å². The number of H-pyrrole nitrogens is 1. The van der Waals surface area contributed by atoms with E-state index in [9.17, 15) is 5.11 Å². The van der Waals surface area contributed by atoms with Crippen LogP contribution in [0.2, 0.25) is 0 Å². The van der Waals surface area contributed by atoms with Gasteiger partial charge in [0.05, 0.1) is 0 Å². The van der Waals surface area contributed by atoms with Crippen molar-refractivity contribution in [3.05, 3.63) is 53.9 Å². The number of pyridine rings is 1. The molecule has 19 heavy (non-hydrogen) atoms. The standard InChI is InChI=1S/C15H15N3O/c1-10-7-12(4-5-14(10)19)17-8-11-9-18-15-13(11)3-2-6-16-15/h2-7,9,17,19H,8H2,1H3,(H,16,18). The molecule has 0 saturated carbocycles. The summed E-state index contributed by atoms with van der Waals surface area (Å²) in [5.41, 5.74) is 3.94. The quantitative estimate of drug-likeness (QED) is 0.628. The molecule has 0 aliphatic heterocycles. The van der Waals surface area contributed by atoms with Crippen molar-refractivity contribution in [3.8, 4) is 5.75 Å². The largest absolute Gasteiger partial charge is 0.508 e. The van der Waals surface area contributed by atoms with Crippen molar-refractivity contribution in [2.24, 2.45) is 0 Å². The SMILES string of the molecule is Cc1cc(NCc2c[nH]c3ncccc23)ccc1O. The molecule has 96 valence electrons.